The molecule has 1 aliphatic heterocycles. The molecule has 8 heteroatoms. The van der Waals surface area contributed by atoms with E-state index in [0.29, 0.717) is 12.5 Å². The molecule has 5 nitrogen and oxygen atoms in total. The summed E-state index contributed by atoms with van der Waals surface area (Å²) < 4.78 is 39.2. The van der Waals surface area contributed by atoms with Crippen LogP contribution in [0.2, 0.25) is 0 Å². The SMILES string of the molecule is FC(F)(F)c1nnc2cc(CN3CCC(c4ccccc4)C3)cnn12. The summed E-state index contributed by atoms with van der Waals surface area (Å²) in [7, 11) is 0. The maximum atomic E-state index is 12.8. The van der Waals surface area contributed by atoms with E-state index in [-0.39, 0.29) is 5.65 Å². The van der Waals surface area contributed by atoms with E-state index < -0.39 is 12.0 Å². The predicted molar refractivity (Wildman–Crippen MR) is 84.9 cm³/mol. The number of rotatable bonds is 3. The van der Waals surface area contributed by atoms with Crippen molar-refractivity contribution in [2.24, 2.45) is 0 Å². The summed E-state index contributed by atoms with van der Waals surface area (Å²) in [6, 6.07) is 12.0. The fourth-order valence-corrected chi connectivity index (χ4v) is 3.33. The Bertz CT molecular complexity index is 875. The van der Waals surface area contributed by atoms with Crippen LogP contribution in [-0.4, -0.2) is 37.8 Å². The Kier molecular flexibility index (Phi) is 3.91. The number of hydrogen-bond acceptors (Lipinski definition) is 4. The number of benzene rings is 1. The smallest absolute Gasteiger partial charge is 0.298 e. The summed E-state index contributed by atoms with van der Waals surface area (Å²) in [4.78, 5) is 2.28. The number of alkyl halides is 3. The zero-order valence-corrected chi connectivity index (χ0v) is 13.3. The summed E-state index contributed by atoms with van der Waals surface area (Å²) in [6.45, 7) is 2.52. The minimum Gasteiger partial charge on any atom is -0.298 e. The molecule has 0 amide bonds. The normalized spacial score (nSPS) is 18.9. The van der Waals surface area contributed by atoms with Gasteiger partial charge in [0.15, 0.2) is 5.65 Å². The molecule has 1 atom stereocenters. The van der Waals surface area contributed by atoms with Gasteiger partial charge in [-0.3, -0.25) is 4.90 Å². The highest BCUT2D eigenvalue weighted by molar-refractivity contribution is 5.39. The zero-order valence-electron chi connectivity index (χ0n) is 13.3. The molecule has 0 bridgehead atoms. The Morgan fingerprint density at radius 3 is 2.68 bits per heavy atom. The number of hydrogen-bond donors (Lipinski definition) is 0. The fraction of sp³-hybridized carbons (Fsp3) is 0.353. The van der Waals surface area contributed by atoms with Gasteiger partial charge in [0.1, 0.15) is 0 Å². The highest BCUT2D eigenvalue weighted by Crippen LogP contribution is 2.29. The van der Waals surface area contributed by atoms with Gasteiger partial charge < -0.3 is 0 Å². The molecule has 1 fully saturated rings. The van der Waals surface area contributed by atoms with E-state index in [9.17, 15) is 13.2 Å². The van der Waals surface area contributed by atoms with Crippen LogP contribution in [0.5, 0.6) is 0 Å². The van der Waals surface area contributed by atoms with Crippen molar-refractivity contribution >= 4 is 5.65 Å². The van der Waals surface area contributed by atoms with Crippen LogP contribution >= 0.6 is 0 Å². The van der Waals surface area contributed by atoms with Gasteiger partial charge in [0, 0.05) is 13.1 Å². The fourth-order valence-electron chi connectivity index (χ4n) is 3.33. The summed E-state index contributed by atoms with van der Waals surface area (Å²) in [5.74, 6) is -0.609. The highest BCUT2D eigenvalue weighted by Gasteiger charge is 2.37. The molecule has 0 radical (unpaired) electrons. The first kappa shape index (κ1) is 16.0. The third-order valence-electron chi connectivity index (χ3n) is 4.52. The van der Waals surface area contributed by atoms with E-state index in [2.05, 4.69) is 32.3 Å². The maximum Gasteiger partial charge on any atom is 0.453 e. The van der Waals surface area contributed by atoms with E-state index in [1.54, 1.807) is 6.07 Å². The Hall–Kier alpha value is -2.48. The second-order valence-electron chi connectivity index (χ2n) is 6.29. The van der Waals surface area contributed by atoms with Crippen molar-refractivity contribution in [2.45, 2.75) is 25.1 Å². The molecule has 0 aliphatic carbocycles. The molecule has 25 heavy (non-hydrogen) atoms. The first-order valence-electron chi connectivity index (χ1n) is 8.05. The highest BCUT2D eigenvalue weighted by atomic mass is 19.4. The van der Waals surface area contributed by atoms with Crippen LogP contribution in [0.4, 0.5) is 13.2 Å². The van der Waals surface area contributed by atoms with Gasteiger partial charge in [-0.05, 0) is 36.1 Å². The Labute approximate surface area is 142 Å². The molecule has 3 aromatic rings. The Morgan fingerprint density at radius 1 is 1.12 bits per heavy atom. The van der Waals surface area contributed by atoms with Crippen molar-refractivity contribution in [3.8, 4) is 0 Å². The average molecular weight is 347 g/mol. The Balaban J connectivity index is 1.48. The van der Waals surface area contributed by atoms with Gasteiger partial charge in [-0.2, -0.15) is 22.8 Å². The first-order valence-corrected chi connectivity index (χ1v) is 8.05. The van der Waals surface area contributed by atoms with Gasteiger partial charge in [-0.15, -0.1) is 10.2 Å². The van der Waals surface area contributed by atoms with E-state index in [0.717, 1.165) is 29.6 Å². The zero-order chi connectivity index (χ0) is 17.4. The molecular formula is C17H16F3N5. The quantitative estimate of drug-likeness (QED) is 0.730. The van der Waals surface area contributed by atoms with Gasteiger partial charge in [-0.1, -0.05) is 30.3 Å². The van der Waals surface area contributed by atoms with Crippen molar-refractivity contribution in [3.63, 3.8) is 0 Å². The van der Waals surface area contributed by atoms with Crippen LogP contribution in [0.15, 0.2) is 42.6 Å². The monoisotopic (exact) mass is 347 g/mol. The second kappa shape index (κ2) is 6.11. The molecule has 130 valence electrons. The summed E-state index contributed by atoms with van der Waals surface area (Å²) in [5, 5.41) is 10.7. The molecule has 0 saturated carbocycles. The van der Waals surface area contributed by atoms with Crippen molar-refractivity contribution in [1.29, 1.82) is 0 Å². The van der Waals surface area contributed by atoms with Crippen LogP contribution in [-0.2, 0) is 12.7 Å². The molecule has 2 aromatic heterocycles. The third kappa shape index (κ3) is 3.21. The number of halogens is 3. The molecule has 1 aromatic carbocycles. The van der Waals surface area contributed by atoms with E-state index in [1.165, 1.54) is 11.8 Å². The molecule has 1 saturated heterocycles. The largest absolute Gasteiger partial charge is 0.453 e. The van der Waals surface area contributed by atoms with Crippen molar-refractivity contribution in [3.05, 3.63) is 59.5 Å². The van der Waals surface area contributed by atoms with Crippen LogP contribution in [0.1, 0.15) is 29.3 Å². The summed E-state index contributed by atoms with van der Waals surface area (Å²) >= 11 is 0. The number of nitrogens with zero attached hydrogens (tertiary/aromatic N) is 5. The van der Waals surface area contributed by atoms with E-state index >= 15 is 0 Å². The third-order valence-corrected chi connectivity index (χ3v) is 4.52. The van der Waals surface area contributed by atoms with Gasteiger partial charge >= 0.3 is 6.18 Å². The predicted octanol–water partition coefficient (Wildman–Crippen LogP) is 3.13. The lowest BCUT2D eigenvalue weighted by molar-refractivity contribution is -0.146. The van der Waals surface area contributed by atoms with Crippen LogP contribution in [0.3, 0.4) is 0 Å². The van der Waals surface area contributed by atoms with Crippen LogP contribution in [0, 0.1) is 0 Å². The summed E-state index contributed by atoms with van der Waals surface area (Å²) in [5.41, 5.74) is 2.27. The number of fused-ring (bicyclic) bond motifs is 1. The van der Waals surface area contributed by atoms with Crippen LogP contribution < -0.4 is 0 Å². The molecule has 3 heterocycles. The van der Waals surface area contributed by atoms with Gasteiger partial charge in [0.2, 0.25) is 0 Å². The maximum absolute atomic E-state index is 12.8. The Morgan fingerprint density at radius 2 is 1.92 bits per heavy atom. The molecule has 1 unspecified atom stereocenters. The topological polar surface area (TPSA) is 46.3 Å². The number of aromatic nitrogens is 4. The van der Waals surface area contributed by atoms with Crippen LogP contribution in [0.25, 0.3) is 5.65 Å². The average Bonchev–Trinajstić information content (AvgIpc) is 3.22. The van der Waals surface area contributed by atoms with Crippen molar-refractivity contribution in [1.82, 2.24) is 24.7 Å². The molecule has 0 N–H and O–H groups in total. The molecule has 0 spiro atoms. The number of likely N-dealkylation sites (tertiary alicyclic amines) is 1. The minimum atomic E-state index is -4.56. The second-order valence-corrected chi connectivity index (χ2v) is 6.29. The lowest BCUT2D eigenvalue weighted by Gasteiger charge is -2.16. The molecular weight excluding hydrogens is 331 g/mol. The van der Waals surface area contributed by atoms with Crippen molar-refractivity contribution < 1.29 is 13.2 Å². The standard InChI is InChI=1S/C17H16F3N5/c18-17(19,20)16-23-22-15-8-12(9-21-25(15)16)10-24-7-6-14(11-24)13-4-2-1-3-5-13/h1-5,8-9,14H,6-7,10-11H2. The van der Waals surface area contributed by atoms with Crippen molar-refractivity contribution in [2.75, 3.05) is 13.1 Å². The lowest BCUT2D eigenvalue weighted by Crippen LogP contribution is -2.20. The molecule has 1 aliphatic rings. The van der Waals surface area contributed by atoms with Gasteiger partial charge in [0.05, 0.1) is 6.20 Å². The lowest BCUT2D eigenvalue weighted by atomic mass is 9.99. The minimum absolute atomic E-state index is 0.114. The summed E-state index contributed by atoms with van der Waals surface area (Å²) in [6.07, 6.45) is -2.03. The van der Waals surface area contributed by atoms with E-state index in [4.69, 9.17) is 0 Å². The molecule has 4 rings (SSSR count). The first-order chi connectivity index (χ1) is 12.0. The van der Waals surface area contributed by atoms with E-state index in [1.807, 2.05) is 18.2 Å². The van der Waals surface area contributed by atoms with Gasteiger partial charge in [-0.25, -0.2) is 0 Å². The van der Waals surface area contributed by atoms with Gasteiger partial charge in [0.25, 0.3) is 5.82 Å².